The Morgan fingerprint density at radius 1 is 1.39 bits per heavy atom. The van der Waals surface area contributed by atoms with Crippen LogP contribution in [-0.2, 0) is 18.2 Å². The molecule has 0 aliphatic carbocycles. The fourth-order valence-electron chi connectivity index (χ4n) is 2.77. The van der Waals surface area contributed by atoms with E-state index in [1.165, 1.54) is 5.56 Å². The Morgan fingerprint density at radius 2 is 2.17 bits per heavy atom. The van der Waals surface area contributed by atoms with Crippen LogP contribution in [0.3, 0.4) is 0 Å². The fourth-order valence-corrected chi connectivity index (χ4v) is 2.77. The van der Waals surface area contributed by atoms with Crippen molar-refractivity contribution >= 4 is 5.91 Å². The Hall–Kier alpha value is -2.34. The molecule has 0 spiro atoms. The second-order valence-corrected chi connectivity index (χ2v) is 5.70. The monoisotopic (exact) mass is 315 g/mol. The molecule has 1 saturated heterocycles. The average molecular weight is 315 g/mol. The van der Waals surface area contributed by atoms with Gasteiger partial charge in [0.2, 0.25) is 0 Å². The Bertz CT molecular complexity index is 666. The predicted octanol–water partition coefficient (Wildman–Crippen LogP) is 1.51. The summed E-state index contributed by atoms with van der Waals surface area (Å²) in [5, 5.41) is 4.06. The van der Waals surface area contributed by atoms with E-state index in [-0.39, 0.29) is 12.0 Å². The zero-order valence-corrected chi connectivity index (χ0v) is 13.4. The second-order valence-electron chi connectivity index (χ2n) is 5.70. The molecule has 122 valence electrons. The number of rotatable bonds is 4. The van der Waals surface area contributed by atoms with Crippen LogP contribution >= 0.6 is 0 Å². The molecular formula is C17H21N3O3. The van der Waals surface area contributed by atoms with Crippen LogP contribution in [0.15, 0.2) is 36.7 Å². The smallest absolute Gasteiger partial charge is 0.257 e. The van der Waals surface area contributed by atoms with Crippen LogP contribution in [0, 0.1) is 0 Å². The molecule has 0 N–H and O–H groups in total. The summed E-state index contributed by atoms with van der Waals surface area (Å²) in [4.78, 5) is 14.3. The van der Waals surface area contributed by atoms with E-state index in [1.807, 2.05) is 36.2 Å². The normalized spacial score (nSPS) is 18.0. The molecule has 23 heavy (non-hydrogen) atoms. The first-order chi connectivity index (χ1) is 11.2. The topological polar surface area (TPSA) is 56.6 Å². The third kappa shape index (κ3) is 3.71. The van der Waals surface area contributed by atoms with Gasteiger partial charge in [0, 0.05) is 32.8 Å². The van der Waals surface area contributed by atoms with Crippen molar-refractivity contribution in [1.82, 2.24) is 14.7 Å². The lowest BCUT2D eigenvalue weighted by Gasteiger charge is -2.33. The summed E-state index contributed by atoms with van der Waals surface area (Å²) in [6, 6.07) is 7.95. The van der Waals surface area contributed by atoms with E-state index in [4.69, 9.17) is 9.47 Å². The maximum atomic E-state index is 12.5. The van der Waals surface area contributed by atoms with Crippen molar-refractivity contribution in [3.8, 4) is 5.75 Å². The Kier molecular flexibility index (Phi) is 4.62. The number of aromatic nitrogens is 2. The molecule has 0 saturated carbocycles. The maximum absolute atomic E-state index is 12.5. The van der Waals surface area contributed by atoms with E-state index in [1.54, 1.807) is 24.2 Å². The van der Waals surface area contributed by atoms with Gasteiger partial charge in [-0.1, -0.05) is 12.1 Å². The highest BCUT2D eigenvalue weighted by atomic mass is 16.5. The molecule has 6 nitrogen and oxygen atoms in total. The van der Waals surface area contributed by atoms with Gasteiger partial charge in [-0.25, -0.2) is 0 Å². The molecule has 2 heterocycles. The molecule has 1 atom stereocenters. The number of hydrogen-bond acceptors (Lipinski definition) is 4. The van der Waals surface area contributed by atoms with Gasteiger partial charge in [0.25, 0.3) is 5.91 Å². The van der Waals surface area contributed by atoms with Crippen LogP contribution in [0.25, 0.3) is 0 Å². The fraction of sp³-hybridized carbons (Fsp3) is 0.412. The van der Waals surface area contributed by atoms with Gasteiger partial charge < -0.3 is 14.4 Å². The number of nitrogens with zero attached hydrogens (tertiary/aromatic N) is 3. The highest BCUT2D eigenvalue weighted by Gasteiger charge is 2.25. The van der Waals surface area contributed by atoms with Gasteiger partial charge in [-0.05, 0) is 17.7 Å². The molecule has 0 unspecified atom stereocenters. The third-order valence-corrected chi connectivity index (χ3v) is 4.00. The number of aryl methyl sites for hydroxylation is 1. The second kappa shape index (κ2) is 6.83. The number of carbonyl (C=O) groups excluding carboxylic acids is 1. The standard InChI is InChI=1S/C17H21N3O3/c1-19-11-14(10-18-19)17(21)20-7-8-23-16(12-20)9-13-3-5-15(22-2)6-4-13/h3-6,10-11,16H,7-9,12H2,1-2H3/t16-/m0/s1. The molecule has 3 rings (SSSR count). The van der Waals surface area contributed by atoms with Crippen LogP contribution in [0.4, 0.5) is 0 Å². The van der Waals surface area contributed by atoms with E-state index >= 15 is 0 Å². The van der Waals surface area contributed by atoms with E-state index in [2.05, 4.69) is 5.10 Å². The molecule has 1 aromatic carbocycles. The van der Waals surface area contributed by atoms with Gasteiger partial charge in [-0.3, -0.25) is 9.48 Å². The van der Waals surface area contributed by atoms with Gasteiger partial charge in [-0.15, -0.1) is 0 Å². The molecule has 1 aliphatic rings. The van der Waals surface area contributed by atoms with Crippen molar-refractivity contribution in [2.75, 3.05) is 26.8 Å². The number of morpholine rings is 1. The van der Waals surface area contributed by atoms with Gasteiger partial charge in [0.1, 0.15) is 5.75 Å². The van der Waals surface area contributed by atoms with Crippen LogP contribution < -0.4 is 4.74 Å². The van der Waals surface area contributed by atoms with Crippen LogP contribution in [-0.4, -0.2) is 53.5 Å². The van der Waals surface area contributed by atoms with Crippen molar-refractivity contribution in [2.24, 2.45) is 7.05 Å². The van der Waals surface area contributed by atoms with Crippen molar-refractivity contribution in [3.05, 3.63) is 47.8 Å². The van der Waals surface area contributed by atoms with E-state index in [9.17, 15) is 4.79 Å². The number of hydrogen-bond donors (Lipinski definition) is 0. The third-order valence-electron chi connectivity index (χ3n) is 4.00. The lowest BCUT2D eigenvalue weighted by atomic mass is 10.1. The minimum absolute atomic E-state index is 0.0118. The number of ether oxygens (including phenoxy) is 2. The van der Waals surface area contributed by atoms with Crippen LogP contribution in [0.2, 0.25) is 0 Å². The van der Waals surface area contributed by atoms with Crippen molar-refractivity contribution in [2.45, 2.75) is 12.5 Å². The minimum Gasteiger partial charge on any atom is -0.497 e. The highest BCUT2D eigenvalue weighted by molar-refractivity contribution is 5.93. The Labute approximate surface area is 135 Å². The summed E-state index contributed by atoms with van der Waals surface area (Å²) in [5.41, 5.74) is 1.80. The molecule has 0 bridgehead atoms. The zero-order chi connectivity index (χ0) is 16.2. The SMILES string of the molecule is COc1ccc(C[C@H]2CN(C(=O)c3cnn(C)c3)CCO2)cc1. The summed E-state index contributed by atoms with van der Waals surface area (Å²) >= 11 is 0. The maximum Gasteiger partial charge on any atom is 0.257 e. The molecule has 1 amide bonds. The summed E-state index contributed by atoms with van der Waals surface area (Å²) in [7, 11) is 3.46. The number of methoxy groups -OCH3 is 1. The minimum atomic E-state index is 0.0118. The molecule has 2 aromatic rings. The summed E-state index contributed by atoms with van der Waals surface area (Å²) < 4.78 is 12.6. The first-order valence-corrected chi connectivity index (χ1v) is 7.68. The first-order valence-electron chi connectivity index (χ1n) is 7.68. The van der Waals surface area contributed by atoms with E-state index in [0.717, 1.165) is 12.2 Å². The molecule has 1 fully saturated rings. The largest absolute Gasteiger partial charge is 0.497 e. The van der Waals surface area contributed by atoms with Crippen molar-refractivity contribution in [3.63, 3.8) is 0 Å². The lowest BCUT2D eigenvalue weighted by Crippen LogP contribution is -2.46. The van der Waals surface area contributed by atoms with Crippen molar-refractivity contribution in [1.29, 1.82) is 0 Å². The molecular weight excluding hydrogens is 294 g/mol. The quantitative estimate of drug-likeness (QED) is 0.858. The van der Waals surface area contributed by atoms with Gasteiger partial charge in [0.05, 0.1) is 31.6 Å². The van der Waals surface area contributed by atoms with Crippen LogP contribution in [0.5, 0.6) is 5.75 Å². The number of carbonyl (C=O) groups is 1. The summed E-state index contributed by atoms with van der Waals surface area (Å²) in [6.07, 6.45) is 4.14. The van der Waals surface area contributed by atoms with E-state index < -0.39 is 0 Å². The van der Waals surface area contributed by atoms with E-state index in [0.29, 0.717) is 25.3 Å². The number of amides is 1. The summed E-state index contributed by atoms with van der Waals surface area (Å²) in [6.45, 7) is 1.78. The molecule has 1 aromatic heterocycles. The van der Waals surface area contributed by atoms with Gasteiger partial charge in [0.15, 0.2) is 0 Å². The van der Waals surface area contributed by atoms with Crippen molar-refractivity contribution < 1.29 is 14.3 Å². The predicted molar refractivity (Wildman–Crippen MR) is 85.5 cm³/mol. The lowest BCUT2D eigenvalue weighted by molar-refractivity contribution is -0.0208. The van der Waals surface area contributed by atoms with Gasteiger partial charge in [-0.2, -0.15) is 5.10 Å². The number of benzene rings is 1. The van der Waals surface area contributed by atoms with Gasteiger partial charge >= 0.3 is 0 Å². The Balaban J connectivity index is 1.62. The average Bonchev–Trinajstić information content (AvgIpc) is 3.01. The van der Waals surface area contributed by atoms with Crippen LogP contribution in [0.1, 0.15) is 15.9 Å². The Morgan fingerprint density at radius 3 is 2.83 bits per heavy atom. The molecule has 6 heteroatoms. The molecule has 1 aliphatic heterocycles. The highest BCUT2D eigenvalue weighted by Crippen LogP contribution is 2.17. The first kappa shape index (κ1) is 15.6. The summed E-state index contributed by atoms with van der Waals surface area (Å²) in [5.74, 6) is 0.854. The zero-order valence-electron chi connectivity index (χ0n) is 13.4. The molecule has 0 radical (unpaired) electrons.